The van der Waals surface area contributed by atoms with Gasteiger partial charge < -0.3 is 9.32 Å². The highest BCUT2D eigenvalue weighted by molar-refractivity contribution is 7.07. The molecule has 0 fully saturated rings. The molecule has 176 valence electrons. The largest absolute Gasteiger partial charge is 0.441 e. The number of benzene rings is 2. The third kappa shape index (κ3) is 3.69. The number of aromatic nitrogens is 1. The van der Waals surface area contributed by atoms with Gasteiger partial charge in [0.25, 0.3) is 5.56 Å². The molecule has 0 N–H and O–H groups in total. The number of furan rings is 1. The summed E-state index contributed by atoms with van der Waals surface area (Å²) in [6, 6.07) is 22.6. The molecule has 3 heterocycles. The summed E-state index contributed by atoms with van der Waals surface area (Å²) in [6.07, 6.45) is 3.71. The zero-order chi connectivity index (χ0) is 23.9. The third-order valence-corrected chi connectivity index (χ3v) is 7.93. The van der Waals surface area contributed by atoms with Crippen molar-refractivity contribution in [1.82, 2.24) is 4.57 Å². The number of anilines is 1. The topological polar surface area (TPSA) is 50.7 Å². The van der Waals surface area contributed by atoms with Crippen LogP contribution in [0.1, 0.15) is 48.8 Å². The van der Waals surface area contributed by atoms with Gasteiger partial charge in [0.2, 0.25) is 0 Å². The summed E-state index contributed by atoms with van der Waals surface area (Å²) in [4.78, 5) is 21.7. The Hall–Kier alpha value is -3.64. The first-order valence-electron chi connectivity index (χ1n) is 12.2. The molecule has 5 nitrogen and oxygen atoms in total. The van der Waals surface area contributed by atoms with Crippen LogP contribution in [0, 0.1) is 0 Å². The van der Waals surface area contributed by atoms with Gasteiger partial charge in [0.05, 0.1) is 16.3 Å². The zero-order valence-corrected chi connectivity index (χ0v) is 20.7. The van der Waals surface area contributed by atoms with E-state index in [0.29, 0.717) is 10.3 Å². The van der Waals surface area contributed by atoms with Crippen LogP contribution in [0.5, 0.6) is 0 Å². The third-order valence-electron chi connectivity index (χ3n) is 6.95. The van der Waals surface area contributed by atoms with Crippen molar-refractivity contribution in [3.63, 3.8) is 0 Å². The average Bonchev–Trinajstić information content (AvgIpc) is 3.48. The monoisotopic (exact) mass is 481 g/mol. The highest BCUT2D eigenvalue weighted by Crippen LogP contribution is 2.41. The van der Waals surface area contributed by atoms with E-state index in [4.69, 9.17) is 9.41 Å². The Kier molecular flexibility index (Phi) is 5.53. The van der Waals surface area contributed by atoms with E-state index in [0.717, 1.165) is 47.9 Å². The quantitative estimate of drug-likeness (QED) is 0.413. The number of thiazole rings is 1. The Labute approximate surface area is 208 Å². The summed E-state index contributed by atoms with van der Waals surface area (Å²) in [6.45, 7) is 5.95. The van der Waals surface area contributed by atoms with Gasteiger partial charge in [-0.2, -0.15) is 0 Å². The predicted octanol–water partition coefficient (Wildman–Crippen LogP) is 4.76. The molecule has 35 heavy (non-hydrogen) atoms. The molecular weight excluding hydrogens is 454 g/mol. The molecule has 0 saturated heterocycles. The summed E-state index contributed by atoms with van der Waals surface area (Å²) < 4.78 is 8.58. The van der Waals surface area contributed by atoms with E-state index in [1.165, 1.54) is 28.0 Å². The molecule has 1 unspecified atom stereocenters. The second-order valence-electron chi connectivity index (χ2n) is 8.87. The highest BCUT2D eigenvalue weighted by atomic mass is 32.1. The van der Waals surface area contributed by atoms with Crippen LogP contribution in [0.3, 0.4) is 0 Å². The number of hydrogen-bond acceptors (Lipinski definition) is 5. The van der Waals surface area contributed by atoms with E-state index in [2.05, 4.69) is 55.1 Å². The Morgan fingerprint density at radius 1 is 1.03 bits per heavy atom. The molecule has 0 radical (unpaired) electrons. The van der Waals surface area contributed by atoms with Crippen molar-refractivity contribution < 1.29 is 4.42 Å². The number of aryl methyl sites for hydroxylation is 1. The maximum atomic E-state index is 13.8. The minimum absolute atomic E-state index is 0.0196. The predicted molar refractivity (Wildman–Crippen MR) is 141 cm³/mol. The van der Waals surface area contributed by atoms with Crippen molar-refractivity contribution in [3.8, 4) is 0 Å². The Balaban J connectivity index is 1.54. The molecule has 2 aromatic carbocycles. The fraction of sp³-hybridized carbons (Fsp3) is 0.241. The van der Waals surface area contributed by atoms with Crippen molar-refractivity contribution >= 4 is 29.0 Å². The lowest BCUT2D eigenvalue weighted by molar-refractivity contribution is 0.541. The van der Waals surface area contributed by atoms with Gasteiger partial charge in [0.15, 0.2) is 10.7 Å². The van der Waals surface area contributed by atoms with Gasteiger partial charge in [0, 0.05) is 30.8 Å². The molecule has 0 spiro atoms. The lowest BCUT2D eigenvalue weighted by Gasteiger charge is -2.30. The van der Waals surface area contributed by atoms with Gasteiger partial charge >= 0.3 is 0 Å². The Morgan fingerprint density at radius 3 is 2.60 bits per heavy atom. The summed E-state index contributed by atoms with van der Waals surface area (Å²) in [7, 11) is 0. The lowest BCUT2D eigenvalue weighted by Crippen LogP contribution is -2.38. The van der Waals surface area contributed by atoms with Gasteiger partial charge in [-0.25, -0.2) is 4.99 Å². The van der Waals surface area contributed by atoms with Crippen molar-refractivity contribution in [3.05, 3.63) is 114 Å². The number of hydrogen-bond donors (Lipinski definition) is 0. The fourth-order valence-electron chi connectivity index (χ4n) is 5.21. The normalized spacial score (nSPS) is 17.0. The van der Waals surface area contributed by atoms with Gasteiger partial charge in [-0.05, 0) is 49.5 Å². The van der Waals surface area contributed by atoms with Crippen LogP contribution in [0.4, 0.5) is 5.88 Å². The van der Waals surface area contributed by atoms with Gasteiger partial charge in [0.1, 0.15) is 5.76 Å². The summed E-state index contributed by atoms with van der Waals surface area (Å²) in [5, 5.41) is 0. The van der Waals surface area contributed by atoms with Crippen LogP contribution in [0.15, 0.2) is 86.5 Å². The van der Waals surface area contributed by atoms with E-state index in [9.17, 15) is 4.79 Å². The molecule has 1 aliphatic carbocycles. The number of rotatable bonds is 5. The van der Waals surface area contributed by atoms with Crippen LogP contribution in [0.25, 0.3) is 11.8 Å². The molecule has 0 amide bonds. The second kappa shape index (κ2) is 8.86. The van der Waals surface area contributed by atoms with Crippen molar-refractivity contribution in [1.29, 1.82) is 0 Å². The van der Waals surface area contributed by atoms with Crippen molar-refractivity contribution in [2.45, 2.75) is 32.7 Å². The summed E-state index contributed by atoms with van der Waals surface area (Å²) >= 11 is 1.44. The first-order valence-corrected chi connectivity index (χ1v) is 13.0. The summed E-state index contributed by atoms with van der Waals surface area (Å²) in [5.41, 5.74) is 5.84. The summed E-state index contributed by atoms with van der Waals surface area (Å²) in [5.74, 6) is 1.51. The molecule has 1 aliphatic heterocycles. The van der Waals surface area contributed by atoms with E-state index < -0.39 is 0 Å². The lowest BCUT2D eigenvalue weighted by atomic mass is 9.83. The van der Waals surface area contributed by atoms with Crippen molar-refractivity contribution in [2.24, 2.45) is 4.99 Å². The highest BCUT2D eigenvalue weighted by Gasteiger charge is 2.32. The van der Waals surface area contributed by atoms with Crippen LogP contribution >= 0.6 is 11.3 Å². The molecule has 0 bridgehead atoms. The van der Waals surface area contributed by atoms with E-state index in [-0.39, 0.29) is 11.6 Å². The van der Waals surface area contributed by atoms with Crippen LogP contribution in [0.2, 0.25) is 0 Å². The molecular formula is C29H27N3O2S. The molecule has 6 heteroatoms. The first kappa shape index (κ1) is 21.9. The Morgan fingerprint density at radius 2 is 1.80 bits per heavy atom. The Bertz CT molecular complexity index is 1600. The molecule has 0 saturated carbocycles. The standard InChI is InChI=1S/C29H27N3O2S/c1-3-31(4-2)25-17-15-21(34-25)18-24-28(33)32-27(20-11-6-5-7-12-20)23-16-14-19-10-8-9-13-22(19)26(23)30-29(32)35-24/h5-13,15,17-18,27H,3-4,14,16H2,1-2H3/b24-18+. The van der Waals surface area contributed by atoms with E-state index in [1.54, 1.807) is 0 Å². The maximum Gasteiger partial charge on any atom is 0.271 e. The zero-order valence-electron chi connectivity index (χ0n) is 19.9. The smallest absolute Gasteiger partial charge is 0.271 e. The SMILES string of the molecule is CCN(CC)c1ccc(/C=c2/sc3n(c2=O)C(c2ccccc2)C2=C(N=3)c3ccccc3CC2)o1. The van der Waals surface area contributed by atoms with Gasteiger partial charge in [-0.15, -0.1) is 0 Å². The minimum atomic E-state index is -0.152. The minimum Gasteiger partial charge on any atom is -0.441 e. The van der Waals surface area contributed by atoms with Gasteiger partial charge in [-0.3, -0.25) is 9.36 Å². The molecule has 1 atom stereocenters. The number of nitrogens with zero attached hydrogens (tertiary/aromatic N) is 3. The second-order valence-corrected chi connectivity index (χ2v) is 9.88. The van der Waals surface area contributed by atoms with E-state index in [1.807, 2.05) is 41.0 Å². The van der Waals surface area contributed by atoms with Crippen LogP contribution < -0.4 is 19.8 Å². The molecule has 2 aromatic heterocycles. The van der Waals surface area contributed by atoms with E-state index >= 15 is 0 Å². The average molecular weight is 482 g/mol. The molecule has 6 rings (SSSR count). The molecule has 2 aliphatic rings. The first-order chi connectivity index (χ1) is 17.2. The van der Waals surface area contributed by atoms with Crippen molar-refractivity contribution in [2.75, 3.05) is 18.0 Å². The van der Waals surface area contributed by atoms with Gasteiger partial charge in [-0.1, -0.05) is 65.9 Å². The van der Waals surface area contributed by atoms with Crippen LogP contribution in [-0.4, -0.2) is 17.7 Å². The number of allylic oxidation sites excluding steroid dienone is 1. The molecule has 4 aromatic rings. The fourth-order valence-corrected chi connectivity index (χ4v) is 6.19. The number of fused-ring (bicyclic) bond motifs is 3. The van der Waals surface area contributed by atoms with Crippen LogP contribution in [-0.2, 0) is 6.42 Å². The maximum absolute atomic E-state index is 13.8.